The normalized spacial score (nSPS) is 12.6. The SMILES string of the molecule is CCCCCC=C(O)C(=O)[C]=C(O)C=O. The van der Waals surface area contributed by atoms with Crippen molar-refractivity contribution in [3.63, 3.8) is 0 Å². The van der Waals surface area contributed by atoms with Gasteiger partial charge in [-0.05, 0) is 18.9 Å². The summed E-state index contributed by atoms with van der Waals surface area (Å²) >= 11 is 0. The lowest BCUT2D eigenvalue weighted by Crippen LogP contribution is -2.01. The van der Waals surface area contributed by atoms with Crippen molar-refractivity contribution >= 4 is 12.1 Å². The summed E-state index contributed by atoms with van der Waals surface area (Å²) in [6.07, 6.45) is 6.83. The molecule has 1 radical (unpaired) electrons. The number of aliphatic hydroxyl groups excluding tert-OH is 2. The zero-order valence-electron chi connectivity index (χ0n) is 8.69. The van der Waals surface area contributed by atoms with Crippen LogP contribution in [0.1, 0.15) is 32.6 Å². The van der Waals surface area contributed by atoms with Crippen LogP contribution in [0.2, 0.25) is 0 Å². The van der Waals surface area contributed by atoms with E-state index in [0.29, 0.717) is 6.42 Å². The van der Waals surface area contributed by atoms with Gasteiger partial charge < -0.3 is 10.2 Å². The number of hydrogen-bond donors (Lipinski definition) is 2. The second kappa shape index (κ2) is 7.79. The molecule has 2 N–H and O–H groups in total. The van der Waals surface area contributed by atoms with E-state index in [0.717, 1.165) is 19.3 Å². The molecule has 0 bridgehead atoms. The standard InChI is InChI=1S/C11H15O4/c1-2-3-4-5-6-10(14)11(15)7-9(13)8-12/h6,8,13-14H,2-5H2,1H3. The molecule has 0 aliphatic heterocycles. The fourth-order valence-electron chi connectivity index (χ4n) is 0.936. The van der Waals surface area contributed by atoms with E-state index in [1.807, 2.05) is 13.0 Å². The highest BCUT2D eigenvalue weighted by Crippen LogP contribution is 2.03. The van der Waals surface area contributed by atoms with Gasteiger partial charge in [0.1, 0.15) is 0 Å². The summed E-state index contributed by atoms with van der Waals surface area (Å²) < 4.78 is 0. The number of carbonyl (C=O) groups excluding carboxylic acids is 2. The van der Waals surface area contributed by atoms with E-state index < -0.39 is 17.3 Å². The van der Waals surface area contributed by atoms with Gasteiger partial charge in [-0.1, -0.05) is 19.8 Å². The fraction of sp³-hybridized carbons (Fsp3) is 0.455. The van der Waals surface area contributed by atoms with Crippen LogP contribution in [0.15, 0.2) is 17.6 Å². The first-order valence-corrected chi connectivity index (χ1v) is 4.83. The van der Waals surface area contributed by atoms with Crippen LogP contribution in [-0.2, 0) is 9.59 Å². The smallest absolute Gasteiger partial charge is 0.231 e. The van der Waals surface area contributed by atoms with Crippen molar-refractivity contribution in [3.8, 4) is 0 Å². The molecule has 83 valence electrons. The first-order chi connectivity index (χ1) is 7.11. The molecule has 4 nitrogen and oxygen atoms in total. The van der Waals surface area contributed by atoms with Crippen LogP contribution in [0.4, 0.5) is 0 Å². The molecule has 0 unspecified atom stereocenters. The van der Waals surface area contributed by atoms with Crippen molar-refractivity contribution in [3.05, 3.63) is 23.7 Å². The van der Waals surface area contributed by atoms with Crippen molar-refractivity contribution < 1.29 is 19.8 Å². The molecular weight excluding hydrogens is 196 g/mol. The molecule has 0 amide bonds. The van der Waals surface area contributed by atoms with E-state index >= 15 is 0 Å². The Morgan fingerprint density at radius 2 is 2.00 bits per heavy atom. The third-order valence-corrected chi connectivity index (χ3v) is 1.73. The molecule has 0 spiro atoms. The number of aldehydes is 1. The minimum absolute atomic E-state index is 0.0856. The summed E-state index contributed by atoms with van der Waals surface area (Å²) in [6, 6.07) is 0. The number of Topliss-reactive ketones (excluding diaryl/α,β-unsaturated/α-hetero) is 1. The number of rotatable bonds is 7. The van der Waals surface area contributed by atoms with Crippen LogP contribution in [-0.4, -0.2) is 22.3 Å². The lowest BCUT2D eigenvalue weighted by atomic mass is 10.1. The summed E-state index contributed by atoms with van der Waals surface area (Å²) in [7, 11) is 0. The molecule has 4 heteroatoms. The number of allylic oxidation sites excluding steroid dienone is 3. The lowest BCUT2D eigenvalue weighted by molar-refractivity contribution is -0.115. The van der Waals surface area contributed by atoms with Crippen LogP contribution in [0.25, 0.3) is 0 Å². The van der Waals surface area contributed by atoms with Crippen LogP contribution < -0.4 is 0 Å². The Kier molecular flexibility index (Phi) is 6.97. The van der Waals surface area contributed by atoms with Crippen LogP contribution in [0.3, 0.4) is 0 Å². The third kappa shape index (κ3) is 6.49. The Morgan fingerprint density at radius 1 is 1.33 bits per heavy atom. The molecule has 0 aliphatic carbocycles. The topological polar surface area (TPSA) is 74.6 Å². The molecule has 15 heavy (non-hydrogen) atoms. The van der Waals surface area contributed by atoms with Crippen molar-refractivity contribution in [2.75, 3.05) is 0 Å². The molecule has 0 saturated heterocycles. The first kappa shape index (κ1) is 13.4. The predicted molar refractivity (Wildman–Crippen MR) is 55.3 cm³/mol. The summed E-state index contributed by atoms with van der Waals surface area (Å²) in [4.78, 5) is 21.0. The Morgan fingerprint density at radius 3 is 2.53 bits per heavy atom. The second-order valence-electron chi connectivity index (χ2n) is 3.04. The largest absolute Gasteiger partial charge is 0.504 e. The molecular formula is C11H15O4. The van der Waals surface area contributed by atoms with Gasteiger partial charge in [-0.15, -0.1) is 0 Å². The Hall–Kier alpha value is -1.58. The van der Waals surface area contributed by atoms with Crippen molar-refractivity contribution in [1.29, 1.82) is 0 Å². The Bertz CT molecular complexity index is 276. The maximum Gasteiger partial charge on any atom is 0.231 e. The summed E-state index contributed by atoms with van der Waals surface area (Å²) in [5.41, 5.74) is 0. The van der Waals surface area contributed by atoms with Crippen molar-refractivity contribution in [1.82, 2.24) is 0 Å². The minimum Gasteiger partial charge on any atom is -0.504 e. The van der Waals surface area contributed by atoms with Gasteiger partial charge >= 0.3 is 0 Å². The van der Waals surface area contributed by atoms with Gasteiger partial charge in [0.15, 0.2) is 17.8 Å². The molecule has 0 rings (SSSR count). The lowest BCUT2D eigenvalue weighted by Gasteiger charge is -1.95. The Labute approximate surface area is 88.9 Å². The molecule has 0 fully saturated rings. The number of unbranched alkanes of at least 4 members (excludes halogenated alkanes) is 3. The quantitative estimate of drug-likeness (QED) is 0.292. The molecule has 0 heterocycles. The predicted octanol–water partition coefficient (Wildman–Crippen LogP) is 2.02. The summed E-state index contributed by atoms with van der Waals surface area (Å²) in [5.74, 6) is -2.18. The van der Waals surface area contributed by atoms with E-state index in [2.05, 4.69) is 0 Å². The zero-order valence-corrected chi connectivity index (χ0v) is 8.69. The van der Waals surface area contributed by atoms with E-state index in [-0.39, 0.29) is 6.29 Å². The second-order valence-corrected chi connectivity index (χ2v) is 3.04. The third-order valence-electron chi connectivity index (χ3n) is 1.73. The molecule has 0 aromatic carbocycles. The highest BCUT2D eigenvalue weighted by molar-refractivity contribution is 6.00. The van der Waals surface area contributed by atoms with Crippen molar-refractivity contribution in [2.24, 2.45) is 0 Å². The number of aliphatic hydroxyl groups is 2. The van der Waals surface area contributed by atoms with E-state index in [1.165, 1.54) is 6.08 Å². The molecule has 0 atom stereocenters. The molecule has 0 aromatic rings. The van der Waals surface area contributed by atoms with Gasteiger partial charge in [0.2, 0.25) is 5.78 Å². The fourth-order valence-corrected chi connectivity index (χ4v) is 0.936. The van der Waals surface area contributed by atoms with Gasteiger partial charge in [0.25, 0.3) is 0 Å². The van der Waals surface area contributed by atoms with Gasteiger partial charge in [-0.2, -0.15) is 0 Å². The zero-order chi connectivity index (χ0) is 11.7. The summed E-state index contributed by atoms with van der Waals surface area (Å²) in [5, 5.41) is 17.8. The van der Waals surface area contributed by atoms with Crippen LogP contribution in [0, 0.1) is 6.08 Å². The highest BCUT2D eigenvalue weighted by atomic mass is 16.3. The van der Waals surface area contributed by atoms with Crippen LogP contribution >= 0.6 is 0 Å². The van der Waals surface area contributed by atoms with E-state index in [9.17, 15) is 14.7 Å². The van der Waals surface area contributed by atoms with Gasteiger partial charge in [0, 0.05) is 0 Å². The highest BCUT2D eigenvalue weighted by Gasteiger charge is 2.05. The number of hydrogen-bond acceptors (Lipinski definition) is 4. The Balaban J connectivity index is 4.13. The summed E-state index contributed by atoms with van der Waals surface area (Å²) in [6.45, 7) is 2.05. The van der Waals surface area contributed by atoms with Gasteiger partial charge in [0.05, 0.1) is 6.08 Å². The number of carbonyl (C=O) groups is 2. The average Bonchev–Trinajstić information content (AvgIpc) is 2.23. The first-order valence-electron chi connectivity index (χ1n) is 4.83. The van der Waals surface area contributed by atoms with Crippen LogP contribution in [0.5, 0.6) is 0 Å². The molecule has 0 saturated carbocycles. The minimum atomic E-state index is -0.879. The van der Waals surface area contributed by atoms with E-state index in [4.69, 9.17) is 5.11 Å². The monoisotopic (exact) mass is 211 g/mol. The maximum absolute atomic E-state index is 11.0. The van der Waals surface area contributed by atoms with Gasteiger partial charge in [-0.3, -0.25) is 9.59 Å². The molecule has 0 aliphatic rings. The van der Waals surface area contributed by atoms with Crippen molar-refractivity contribution in [2.45, 2.75) is 32.6 Å². The van der Waals surface area contributed by atoms with E-state index in [1.54, 1.807) is 0 Å². The average molecular weight is 211 g/mol. The maximum atomic E-state index is 11.0. The number of ketones is 1. The molecule has 0 aromatic heterocycles. The van der Waals surface area contributed by atoms with Gasteiger partial charge in [-0.25, -0.2) is 0 Å².